The number of aliphatic hydroxyl groups excluding tert-OH is 1. The summed E-state index contributed by atoms with van der Waals surface area (Å²) >= 11 is 0. The molecule has 0 bridgehead atoms. The molecule has 1 saturated heterocycles. The molecule has 1 aromatic rings. The first-order chi connectivity index (χ1) is 9.10. The highest BCUT2D eigenvalue weighted by molar-refractivity contribution is 5.38. The average Bonchev–Trinajstić information content (AvgIpc) is 2.38. The smallest absolute Gasteiger partial charge is 0.125 e. The van der Waals surface area contributed by atoms with Crippen LogP contribution < -0.4 is 4.74 Å². The Kier molecular flexibility index (Phi) is 3.27. The van der Waals surface area contributed by atoms with Crippen molar-refractivity contribution in [1.82, 2.24) is 0 Å². The molecule has 2 aliphatic heterocycles. The number of benzene rings is 1. The fraction of sp³-hybridized carbons (Fsp3) is 0.625. The maximum atomic E-state index is 10.4. The van der Waals surface area contributed by atoms with E-state index in [4.69, 9.17) is 9.47 Å². The van der Waals surface area contributed by atoms with Gasteiger partial charge in [-0.15, -0.1) is 0 Å². The van der Waals surface area contributed by atoms with Crippen LogP contribution in [0.15, 0.2) is 24.3 Å². The van der Waals surface area contributed by atoms with Crippen LogP contribution in [0.4, 0.5) is 0 Å². The summed E-state index contributed by atoms with van der Waals surface area (Å²) in [7, 11) is 0. The van der Waals surface area contributed by atoms with Crippen molar-refractivity contribution in [1.29, 1.82) is 0 Å². The minimum absolute atomic E-state index is 0.228. The van der Waals surface area contributed by atoms with Crippen LogP contribution in [0.25, 0.3) is 0 Å². The van der Waals surface area contributed by atoms with Crippen LogP contribution in [-0.2, 0) is 4.74 Å². The molecule has 1 aromatic carbocycles. The van der Waals surface area contributed by atoms with E-state index in [2.05, 4.69) is 13.8 Å². The van der Waals surface area contributed by atoms with E-state index in [1.54, 1.807) is 0 Å². The van der Waals surface area contributed by atoms with Gasteiger partial charge in [-0.05, 0) is 12.0 Å². The average molecular weight is 262 g/mol. The molecule has 1 N–H and O–H groups in total. The number of fused-ring (bicyclic) bond motifs is 1. The van der Waals surface area contributed by atoms with Crippen LogP contribution in [0.1, 0.15) is 44.8 Å². The van der Waals surface area contributed by atoms with Gasteiger partial charge in [0.2, 0.25) is 0 Å². The first-order valence-corrected chi connectivity index (χ1v) is 7.17. The quantitative estimate of drug-likeness (QED) is 0.845. The minimum atomic E-state index is -0.420. The molecule has 3 nitrogen and oxygen atoms in total. The third kappa shape index (κ3) is 2.37. The van der Waals surface area contributed by atoms with Crippen LogP contribution >= 0.6 is 0 Å². The van der Waals surface area contributed by atoms with E-state index in [1.807, 2.05) is 24.3 Å². The standard InChI is InChI=1S/C16H22O3/c1-11(2)15-10-16(7-8-18-15)9-13(17)12-5-3-4-6-14(12)19-16/h3-6,11,13,15,17H,7-10H2,1-2H3. The second-order valence-electron chi connectivity index (χ2n) is 6.15. The molecule has 2 heterocycles. The lowest BCUT2D eigenvalue weighted by Crippen LogP contribution is -2.49. The molecule has 1 spiro atoms. The molecule has 104 valence electrons. The van der Waals surface area contributed by atoms with E-state index >= 15 is 0 Å². The molecule has 0 aliphatic carbocycles. The van der Waals surface area contributed by atoms with Gasteiger partial charge < -0.3 is 14.6 Å². The summed E-state index contributed by atoms with van der Waals surface area (Å²) < 4.78 is 12.1. The minimum Gasteiger partial charge on any atom is -0.487 e. The van der Waals surface area contributed by atoms with E-state index in [-0.39, 0.29) is 11.7 Å². The molecule has 0 amide bonds. The molecule has 3 unspecified atom stereocenters. The fourth-order valence-corrected chi connectivity index (χ4v) is 3.22. The summed E-state index contributed by atoms with van der Waals surface area (Å²) in [6.45, 7) is 5.07. The number of hydrogen-bond acceptors (Lipinski definition) is 3. The van der Waals surface area contributed by atoms with Crippen molar-refractivity contribution >= 4 is 0 Å². The Morgan fingerprint density at radius 1 is 1.26 bits per heavy atom. The normalized spacial score (nSPS) is 34.1. The first kappa shape index (κ1) is 12.9. The predicted octanol–water partition coefficient (Wildman–Crippen LogP) is 3.08. The number of rotatable bonds is 1. The Bertz CT molecular complexity index is 457. The molecular formula is C16H22O3. The van der Waals surface area contributed by atoms with Crippen LogP contribution in [0.3, 0.4) is 0 Å². The molecule has 3 heteroatoms. The van der Waals surface area contributed by atoms with E-state index < -0.39 is 6.10 Å². The van der Waals surface area contributed by atoms with Gasteiger partial charge in [0.25, 0.3) is 0 Å². The fourth-order valence-electron chi connectivity index (χ4n) is 3.22. The van der Waals surface area contributed by atoms with Crippen molar-refractivity contribution in [2.45, 2.75) is 50.9 Å². The Labute approximate surface area is 114 Å². The monoisotopic (exact) mass is 262 g/mol. The largest absolute Gasteiger partial charge is 0.487 e. The van der Waals surface area contributed by atoms with Crippen LogP contribution in [0, 0.1) is 5.92 Å². The van der Waals surface area contributed by atoms with Gasteiger partial charge in [0.1, 0.15) is 11.4 Å². The second-order valence-corrected chi connectivity index (χ2v) is 6.15. The lowest BCUT2D eigenvalue weighted by atomic mass is 9.79. The summed E-state index contributed by atoms with van der Waals surface area (Å²) in [5, 5.41) is 10.4. The SMILES string of the molecule is CC(C)C1CC2(CCO1)CC(O)c1ccccc1O2. The van der Waals surface area contributed by atoms with Crippen molar-refractivity contribution in [3.8, 4) is 5.75 Å². The van der Waals surface area contributed by atoms with Gasteiger partial charge >= 0.3 is 0 Å². The Hall–Kier alpha value is -1.06. The van der Waals surface area contributed by atoms with Crippen molar-refractivity contribution in [3.63, 3.8) is 0 Å². The topological polar surface area (TPSA) is 38.7 Å². The molecule has 19 heavy (non-hydrogen) atoms. The molecule has 0 radical (unpaired) electrons. The van der Waals surface area contributed by atoms with Crippen LogP contribution in [0.2, 0.25) is 0 Å². The highest BCUT2D eigenvalue weighted by Gasteiger charge is 2.45. The highest BCUT2D eigenvalue weighted by atomic mass is 16.5. The Morgan fingerprint density at radius 2 is 2.05 bits per heavy atom. The summed E-state index contributed by atoms with van der Waals surface area (Å²) in [4.78, 5) is 0. The summed E-state index contributed by atoms with van der Waals surface area (Å²) in [5.41, 5.74) is 0.668. The molecule has 1 fully saturated rings. The van der Waals surface area contributed by atoms with Gasteiger partial charge in [-0.3, -0.25) is 0 Å². The number of ether oxygens (including phenoxy) is 2. The van der Waals surface area contributed by atoms with E-state index in [0.29, 0.717) is 12.3 Å². The zero-order chi connectivity index (χ0) is 13.5. The molecule has 0 saturated carbocycles. The van der Waals surface area contributed by atoms with Crippen molar-refractivity contribution in [3.05, 3.63) is 29.8 Å². The molecular weight excluding hydrogens is 240 g/mol. The summed E-state index contributed by atoms with van der Waals surface area (Å²) in [5.74, 6) is 1.32. The van der Waals surface area contributed by atoms with E-state index in [0.717, 1.165) is 30.8 Å². The Balaban J connectivity index is 1.87. The van der Waals surface area contributed by atoms with Gasteiger partial charge in [0, 0.05) is 24.8 Å². The van der Waals surface area contributed by atoms with Crippen molar-refractivity contribution < 1.29 is 14.6 Å². The van der Waals surface area contributed by atoms with Gasteiger partial charge in [-0.1, -0.05) is 32.0 Å². The van der Waals surface area contributed by atoms with Crippen molar-refractivity contribution in [2.75, 3.05) is 6.61 Å². The zero-order valence-corrected chi connectivity index (χ0v) is 11.6. The lowest BCUT2D eigenvalue weighted by Gasteiger charge is -2.46. The van der Waals surface area contributed by atoms with E-state index in [1.165, 1.54) is 0 Å². The third-order valence-electron chi connectivity index (χ3n) is 4.38. The van der Waals surface area contributed by atoms with Gasteiger partial charge in [-0.2, -0.15) is 0 Å². The molecule has 3 atom stereocenters. The maximum absolute atomic E-state index is 10.4. The summed E-state index contributed by atoms with van der Waals surface area (Å²) in [6, 6.07) is 7.82. The van der Waals surface area contributed by atoms with Gasteiger partial charge in [0.15, 0.2) is 0 Å². The zero-order valence-electron chi connectivity index (χ0n) is 11.6. The number of para-hydroxylation sites is 1. The highest BCUT2D eigenvalue weighted by Crippen LogP contribution is 2.45. The number of aliphatic hydroxyl groups is 1. The van der Waals surface area contributed by atoms with Crippen molar-refractivity contribution in [2.24, 2.45) is 5.92 Å². The van der Waals surface area contributed by atoms with Crippen LogP contribution in [-0.4, -0.2) is 23.4 Å². The third-order valence-corrected chi connectivity index (χ3v) is 4.38. The summed E-state index contributed by atoms with van der Waals surface area (Å²) in [6.07, 6.45) is 2.22. The molecule has 2 aliphatic rings. The first-order valence-electron chi connectivity index (χ1n) is 7.17. The maximum Gasteiger partial charge on any atom is 0.125 e. The lowest BCUT2D eigenvalue weighted by molar-refractivity contribution is -0.127. The predicted molar refractivity (Wildman–Crippen MR) is 73.2 cm³/mol. The Morgan fingerprint density at radius 3 is 2.84 bits per heavy atom. The molecule has 3 rings (SSSR count). The second kappa shape index (κ2) is 4.80. The van der Waals surface area contributed by atoms with E-state index in [9.17, 15) is 5.11 Å². The number of hydrogen-bond donors (Lipinski definition) is 1. The molecule has 0 aromatic heterocycles. The van der Waals surface area contributed by atoms with Crippen LogP contribution in [0.5, 0.6) is 5.75 Å². The van der Waals surface area contributed by atoms with Gasteiger partial charge in [0.05, 0.1) is 18.8 Å². The van der Waals surface area contributed by atoms with Gasteiger partial charge in [-0.25, -0.2) is 0 Å².